The molecule has 1 aliphatic rings. The molecule has 0 radical (unpaired) electrons. The van der Waals surface area contributed by atoms with Gasteiger partial charge in [-0.2, -0.15) is 13.2 Å². The fourth-order valence-electron chi connectivity index (χ4n) is 2.40. The Morgan fingerprint density at radius 1 is 1.42 bits per heavy atom. The minimum atomic E-state index is -4.46. The number of aryl methyl sites for hydroxylation is 1. The molecule has 3 N–H and O–H groups in total. The summed E-state index contributed by atoms with van der Waals surface area (Å²) in [5.41, 5.74) is 0.884. The number of alkyl halides is 3. The van der Waals surface area contributed by atoms with Crippen molar-refractivity contribution in [2.24, 2.45) is 5.92 Å². The number of rotatable bonds is 7. The fourth-order valence-corrected chi connectivity index (χ4v) is 2.40. The van der Waals surface area contributed by atoms with E-state index in [1.165, 1.54) is 12.1 Å². The van der Waals surface area contributed by atoms with Gasteiger partial charge in [-0.05, 0) is 49.8 Å². The minimum Gasteiger partial charge on any atom is -0.482 e. The van der Waals surface area contributed by atoms with E-state index in [2.05, 4.69) is 10.6 Å². The number of aliphatic hydroxyl groups excluding tert-OH is 1. The van der Waals surface area contributed by atoms with Gasteiger partial charge in [0.15, 0.2) is 6.61 Å². The molecule has 2 rings (SSSR count). The van der Waals surface area contributed by atoms with Gasteiger partial charge in [0.1, 0.15) is 5.75 Å². The first-order valence-corrected chi connectivity index (χ1v) is 7.77. The van der Waals surface area contributed by atoms with E-state index in [1.54, 1.807) is 13.0 Å². The maximum absolute atomic E-state index is 12.3. The number of halogens is 3. The van der Waals surface area contributed by atoms with Crippen molar-refractivity contribution in [1.29, 1.82) is 0 Å². The van der Waals surface area contributed by atoms with E-state index in [0.717, 1.165) is 12.8 Å². The zero-order valence-corrected chi connectivity index (χ0v) is 13.3. The lowest BCUT2D eigenvalue weighted by Crippen LogP contribution is -2.40. The molecule has 0 aromatic heterocycles. The molecule has 0 bridgehead atoms. The molecule has 0 spiro atoms. The number of ether oxygens (including phenoxy) is 1. The smallest absolute Gasteiger partial charge is 0.422 e. The van der Waals surface area contributed by atoms with E-state index in [1.807, 2.05) is 0 Å². The Morgan fingerprint density at radius 2 is 2.12 bits per heavy atom. The van der Waals surface area contributed by atoms with Crippen LogP contribution in [0.3, 0.4) is 0 Å². The van der Waals surface area contributed by atoms with Gasteiger partial charge < -0.3 is 20.5 Å². The summed E-state index contributed by atoms with van der Waals surface area (Å²) in [5, 5.41) is 14.3. The van der Waals surface area contributed by atoms with Crippen LogP contribution in [-0.2, 0) is 0 Å². The van der Waals surface area contributed by atoms with Crippen molar-refractivity contribution in [2.75, 3.05) is 18.5 Å². The first kappa shape index (κ1) is 18.4. The standard InChI is InChI=1S/C16H21F3N2O3/c1-10-2-5-13(14(8-10)24-9-16(17,18)19)21-15(23)20-12(6-7-22)11-3-4-11/h2,5,8,11-12,22H,3-4,6-7,9H2,1H3,(H2,20,21,23). The highest BCUT2D eigenvalue weighted by molar-refractivity contribution is 5.91. The molecule has 1 saturated carbocycles. The van der Waals surface area contributed by atoms with Gasteiger partial charge in [-0.3, -0.25) is 0 Å². The van der Waals surface area contributed by atoms with Crippen molar-refractivity contribution in [2.45, 2.75) is 38.4 Å². The predicted molar refractivity (Wildman–Crippen MR) is 83.1 cm³/mol. The second kappa shape index (κ2) is 7.74. The SMILES string of the molecule is Cc1ccc(NC(=O)NC(CCO)C2CC2)c(OCC(F)(F)F)c1. The van der Waals surface area contributed by atoms with Crippen LogP contribution in [0.2, 0.25) is 0 Å². The van der Waals surface area contributed by atoms with Crippen LogP contribution >= 0.6 is 0 Å². The number of aliphatic hydroxyl groups is 1. The number of carbonyl (C=O) groups is 1. The van der Waals surface area contributed by atoms with Crippen molar-refractivity contribution in [3.63, 3.8) is 0 Å². The van der Waals surface area contributed by atoms with Crippen LogP contribution < -0.4 is 15.4 Å². The zero-order valence-electron chi connectivity index (χ0n) is 13.3. The van der Waals surface area contributed by atoms with Gasteiger partial charge in [-0.15, -0.1) is 0 Å². The average Bonchev–Trinajstić information content (AvgIpc) is 3.31. The maximum atomic E-state index is 12.3. The van der Waals surface area contributed by atoms with Gasteiger partial charge in [0.2, 0.25) is 0 Å². The van der Waals surface area contributed by atoms with Gasteiger partial charge in [0, 0.05) is 12.6 Å². The summed E-state index contributed by atoms with van der Waals surface area (Å²) in [6.45, 7) is 0.253. The second-order valence-electron chi connectivity index (χ2n) is 5.96. The van der Waals surface area contributed by atoms with Crippen LogP contribution in [0.1, 0.15) is 24.8 Å². The fraction of sp³-hybridized carbons (Fsp3) is 0.562. The number of benzene rings is 1. The molecule has 1 fully saturated rings. The molecular formula is C16H21F3N2O3. The average molecular weight is 346 g/mol. The third-order valence-corrected chi connectivity index (χ3v) is 3.72. The first-order chi connectivity index (χ1) is 11.3. The molecule has 1 aromatic rings. The number of carbonyl (C=O) groups excluding carboxylic acids is 1. The Hall–Kier alpha value is -1.96. The largest absolute Gasteiger partial charge is 0.482 e. The highest BCUT2D eigenvalue weighted by Gasteiger charge is 2.32. The Kier molecular flexibility index (Phi) is 5.93. The molecule has 5 nitrogen and oxygen atoms in total. The Morgan fingerprint density at radius 3 is 2.71 bits per heavy atom. The topological polar surface area (TPSA) is 70.6 Å². The first-order valence-electron chi connectivity index (χ1n) is 7.77. The monoisotopic (exact) mass is 346 g/mol. The molecule has 1 atom stereocenters. The normalized spacial score (nSPS) is 15.7. The van der Waals surface area contributed by atoms with E-state index < -0.39 is 18.8 Å². The summed E-state index contributed by atoms with van der Waals surface area (Å²) in [6.07, 6.45) is -2.02. The molecule has 1 aliphatic carbocycles. The van der Waals surface area contributed by atoms with Crippen LogP contribution in [0.15, 0.2) is 18.2 Å². The summed E-state index contributed by atoms with van der Waals surface area (Å²) in [4.78, 5) is 12.1. The van der Waals surface area contributed by atoms with Gasteiger partial charge >= 0.3 is 12.2 Å². The third-order valence-electron chi connectivity index (χ3n) is 3.72. The van der Waals surface area contributed by atoms with E-state index in [0.29, 0.717) is 17.9 Å². The molecular weight excluding hydrogens is 325 g/mol. The summed E-state index contributed by atoms with van der Waals surface area (Å²) in [6, 6.07) is 3.94. The Labute approximate surface area is 138 Å². The second-order valence-corrected chi connectivity index (χ2v) is 5.96. The molecule has 0 aliphatic heterocycles. The quantitative estimate of drug-likeness (QED) is 0.710. The zero-order chi connectivity index (χ0) is 17.7. The van der Waals surface area contributed by atoms with E-state index in [9.17, 15) is 18.0 Å². The molecule has 0 saturated heterocycles. The number of hydrogen-bond acceptors (Lipinski definition) is 3. The highest BCUT2D eigenvalue weighted by Crippen LogP contribution is 2.34. The van der Waals surface area contributed by atoms with Crippen LogP contribution in [0.25, 0.3) is 0 Å². The van der Waals surface area contributed by atoms with Crippen molar-refractivity contribution in [1.82, 2.24) is 5.32 Å². The molecule has 0 heterocycles. The van der Waals surface area contributed by atoms with Crippen LogP contribution in [0.5, 0.6) is 5.75 Å². The third kappa shape index (κ3) is 5.92. The molecule has 1 aromatic carbocycles. The maximum Gasteiger partial charge on any atom is 0.422 e. The van der Waals surface area contributed by atoms with Crippen molar-refractivity contribution >= 4 is 11.7 Å². The van der Waals surface area contributed by atoms with Gasteiger partial charge in [-0.1, -0.05) is 6.07 Å². The van der Waals surface area contributed by atoms with Gasteiger partial charge in [-0.25, -0.2) is 4.79 Å². The van der Waals surface area contributed by atoms with Crippen molar-refractivity contribution < 1.29 is 27.8 Å². The van der Waals surface area contributed by atoms with Crippen LogP contribution in [0.4, 0.5) is 23.7 Å². The lowest BCUT2D eigenvalue weighted by atomic mass is 10.1. The molecule has 24 heavy (non-hydrogen) atoms. The number of anilines is 1. The van der Waals surface area contributed by atoms with Crippen LogP contribution in [-0.4, -0.2) is 36.6 Å². The van der Waals surface area contributed by atoms with E-state index >= 15 is 0 Å². The number of hydrogen-bond donors (Lipinski definition) is 3. The summed E-state index contributed by atoms with van der Waals surface area (Å²) in [7, 11) is 0. The molecule has 2 amide bonds. The molecule has 8 heteroatoms. The highest BCUT2D eigenvalue weighted by atomic mass is 19.4. The number of urea groups is 1. The van der Waals surface area contributed by atoms with Crippen molar-refractivity contribution in [3.8, 4) is 5.75 Å². The summed E-state index contributed by atoms with van der Waals surface area (Å²) in [5.74, 6) is 0.314. The summed E-state index contributed by atoms with van der Waals surface area (Å²) >= 11 is 0. The lowest BCUT2D eigenvalue weighted by Gasteiger charge is -2.19. The molecule has 1 unspecified atom stereocenters. The van der Waals surface area contributed by atoms with E-state index in [4.69, 9.17) is 9.84 Å². The Bertz CT molecular complexity index is 574. The van der Waals surface area contributed by atoms with Gasteiger partial charge in [0.05, 0.1) is 5.69 Å². The van der Waals surface area contributed by atoms with Crippen molar-refractivity contribution in [3.05, 3.63) is 23.8 Å². The minimum absolute atomic E-state index is 0.0346. The number of nitrogens with one attached hydrogen (secondary N) is 2. The predicted octanol–water partition coefficient (Wildman–Crippen LogP) is 3.22. The number of amides is 2. The summed E-state index contributed by atoms with van der Waals surface area (Å²) < 4.78 is 41.8. The van der Waals surface area contributed by atoms with E-state index in [-0.39, 0.29) is 24.1 Å². The lowest BCUT2D eigenvalue weighted by molar-refractivity contribution is -0.153. The van der Waals surface area contributed by atoms with Gasteiger partial charge in [0.25, 0.3) is 0 Å². The molecule has 134 valence electrons. The van der Waals surface area contributed by atoms with Crippen LogP contribution in [0, 0.1) is 12.8 Å². The Balaban J connectivity index is 2.00.